The van der Waals surface area contributed by atoms with E-state index in [0.717, 1.165) is 5.56 Å². The standard InChI is InChI=1S/C10H14Cl2N2O/c1-7(6-15)14(2)5-8-4-13-10(12)3-9(8)11/h3-4,7,15H,5-6H2,1-2H3. The predicted molar refractivity (Wildman–Crippen MR) is 62.3 cm³/mol. The van der Waals surface area contributed by atoms with Gasteiger partial charge in [0.15, 0.2) is 0 Å². The van der Waals surface area contributed by atoms with Crippen molar-refractivity contribution in [1.29, 1.82) is 0 Å². The van der Waals surface area contributed by atoms with Crippen molar-refractivity contribution >= 4 is 23.2 Å². The first-order chi connectivity index (χ1) is 7.04. The van der Waals surface area contributed by atoms with E-state index >= 15 is 0 Å². The summed E-state index contributed by atoms with van der Waals surface area (Å²) < 4.78 is 0. The maximum absolute atomic E-state index is 8.99. The SMILES string of the molecule is CC(CO)N(C)Cc1cnc(Cl)cc1Cl. The van der Waals surface area contributed by atoms with E-state index in [1.807, 2.05) is 18.9 Å². The number of pyridine rings is 1. The van der Waals surface area contributed by atoms with Crippen LogP contribution in [0.5, 0.6) is 0 Å². The van der Waals surface area contributed by atoms with Gasteiger partial charge in [0, 0.05) is 29.4 Å². The lowest BCUT2D eigenvalue weighted by Gasteiger charge is -2.23. The van der Waals surface area contributed by atoms with Crippen molar-refractivity contribution < 1.29 is 5.11 Å². The van der Waals surface area contributed by atoms with Crippen molar-refractivity contribution in [2.75, 3.05) is 13.7 Å². The van der Waals surface area contributed by atoms with Crippen LogP contribution in [-0.2, 0) is 6.54 Å². The summed E-state index contributed by atoms with van der Waals surface area (Å²) in [6, 6.07) is 1.72. The highest BCUT2D eigenvalue weighted by molar-refractivity contribution is 6.34. The van der Waals surface area contributed by atoms with Gasteiger partial charge in [-0.15, -0.1) is 0 Å². The van der Waals surface area contributed by atoms with Crippen LogP contribution in [0.25, 0.3) is 0 Å². The molecule has 0 fully saturated rings. The minimum Gasteiger partial charge on any atom is -0.395 e. The summed E-state index contributed by atoms with van der Waals surface area (Å²) in [5.74, 6) is 0. The summed E-state index contributed by atoms with van der Waals surface area (Å²) in [5, 5.41) is 9.98. The van der Waals surface area contributed by atoms with E-state index in [-0.39, 0.29) is 12.6 Å². The Labute approximate surface area is 99.6 Å². The van der Waals surface area contributed by atoms with Crippen molar-refractivity contribution in [1.82, 2.24) is 9.88 Å². The molecule has 1 unspecified atom stereocenters. The van der Waals surface area contributed by atoms with Crippen molar-refractivity contribution in [2.45, 2.75) is 19.5 Å². The largest absolute Gasteiger partial charge is 0.395 e. The molecule has 0 aliphatic heterocycles. The van der Waals surface area contributed by atoms with Gasteiger partial charge in [-0.05, 0) is 20.0 Å². The van der Waals surface area contributed by atoms with Crippen LogP contribution in [0.3, 0.4) is 0 Å². The quantitative estimate of drug-likeness (QED) is 0.831. The molecule has 5 heteroatoms. The molecular formula is C10H14Cl2N2O. The Morgan fingerprint density at radius 3 is 2.73 bits per heavy atom. The summed E-state index contributed by atoms with van der Waals surface area (Å²) in [6.07, 6.45) is 1.66. The summed E-state index contributed by atoms with van der Waals surface area (Å²) in [7, 11) is 1.92. The third-order valence-electron chi connectivity index (χ3n) is 2.33. The maximum Gasteiger partial charge on any atom is 0.130 e. The van der Waals surface area contributed by atoms with Gasteiger partial charge in [0.25, 0.3) is 0 Å². The predicted octanol–water partition coefficient (Wildman–Crippen LogP) is 2.20. The fourth-order valence-corrected chi connectivity index (χ4v) is 1.54. The van der Waals surface area contributed by atoms with Crippen molar-refractivity contribution in [3.8, 4) is 0 Å². The number of likely N-dealkylation sites (N-methyl/N-ethyl adjacent to an activating group) is 1. The topological polar surface area (TPSA) is 36.4 Å². The van der Waals surface area contributed by atoms with Crippen LogP contribution in [0.4, 0.5) is 0 Å². The molecule has 0 saturated heterocycles. The van der Waals surface area contributed by atoms with Crippen molar-refractivity contribution in [3.05, 3.63) is 28.0 Å². The first kappa shape index (κ1) is 12.7. The molecule has 0 aliphatic carbocycles. The molecular weight excluding hydrogens is 235 g/mol. The van der Waals surface area contributed by atoms with Crippen LogP contribution in [0.1, 0.15) is 12.5 Å². The van der Waals surface area contributed by atoms with Gasteiger partial charge in [-0.25, -0.2) is 4.98 Å². The van der Waals surface area contributed by atoms with Gasteiger partial charge in [-0.2, -0.15) is 0 Å². The van der Waals surface area contributed by atoms with E-state index in [9.17, 15) is 0 Å². The van der Waals surface area contributed by atoms with E-state index < -0.39 is 0 Å². The minimum atomic E-state index is 0.0942. The summed E-state index contributed by atoms with van der Waals surface area (Å²) in [5.41, 5.74) is 0.906. The van der Waals surface area contributed by atoms with Crippen molar-refractivity contribution in [2.24, 2.45) is 0 Å². The highest BCUT2D eigenvalue weighted by Crippen LogP contribution is 2.20. The first-order valence-electron chi connectivity index (χ1n) is 4.65. The van der Waals surface area contributed by atoms with E-state index in [1.165, 1.54) is 0 Å². The zero-order chi connectivity index (χ0) is 11.4. The van der Waals surface area contributed by atoms with Gasteiger partial charge in [0.2, 0.25) is 0 Å². The zero-order valence-corrected chi connectivity index (χ0v) is 10.3. The number of rotatable bonds is 4. The normalized spacial score (nSPS) is 13.2. The summed E-state index contributed by atoms with van der Waals surface area (Å²) in [6.45, 7) is 2.71. The molecule has 15 heavy (non-hydrogen) atoms. The second-order valence-electron chi connectivity index (χ2n) is 3.55. The molecule has 84 valence electrons. The van der Waals surface area contributed by atoms with E-state index in [1.54, 1.807) is 12.3 Å². The first-order valence-corrected chi connectivity index (χ1v) is 5.41. The van der Waals surface area contributed by atoms with Gasteiger partial charge in [0.1, 0.15) is 5.15 Å². The Balaban J connectivity index is 2.72. The lowest BCUT2D eigenvalue weighted by atomic mass is 10.2. The van der Waals surface area contributed by atoms with Gasteiger partial charge in [-0.1, -0.05) is 23.2 Å². The molecule has 3 nitrogen and oxygen atoms in total. The van der Waals surface area contributed by atoms with Crippen LogP contribution in [0, 0.1) is 0 Å². The number of halogens is 2. The Morgan fingerprint density at radius 1 is 1.53 bits per heavy atom. The molecule has 1 atom stereocenters. The number of aliphatic hydroxyl groups excluding tert-OH is 1. The molecule has 1 aromatic heterocycles. The molecule has 0 spiro atoms. The lowest BCUT2D eigenvalue weighted by Crippen LogP contribution is -2.31. The fourth-order valence-electron chi connectivity index (χ4n) is 1.12. The van der Waals surface area contributed by atoms with Gasteiger partial charge in [-0.3, -0.25) is 4.90 Å². The Kier molecular flexibility index (Phi) is 4.80. The van der Waals surface area contributed by atoms with E-state index in [0.29, 0.717) is 16.7 Å². The van der Waals surface area contributed by atoms with Gasteiger partial charge >= 0.3 is 0 Å². The highest BCUT2D eigenvalue weighted by Gasteiger charge is 2.10. The molecule has 1 heterocycles. The van der Waals surface area contributed by atoms with Crippen molar-refractivity contribution in [3.63, 3.8) is 0 Å². The van der Waals surface area contributed by atoms with E-state index in [4.69, 9.17) is 28.3 Å². The smallest absolute Gasteiger partial charge is 0.130 e. The lowest BCUT2D eigenvalue weighted by molar-refractivity contribution is 0.154. The molecule has 0 aliphatic rings. The Morgan fingerprint density at radius 2 is 2.20 bits per heavy atom. The summed E-state index contributed by atoms with van der Waals surface area (Å²) >= 11 is 11.7. The number of hydrogen-bond donors (Lipinski definition) is 1. The average Bonchev–Trinajstić information content (AvgIpc) is 2.20. The zero-order valence-electron chi connectivity index (χ0n) is 8.74. The number of aromatic nitrogens is 1. The van der Waals surface area contributed by atoms with Crippen LogP contribution >= 0.6 is 23.2 Å². The minimum absolute atomic E-state index is 0.0942. The van der Waals surface area contributed by atoms with E-state index in [2.05, 4.69) is 4.98 Å². The molecule has 1 N–H and O–H groups in total. The third-order valence-corrected chi connectivity index (χ3v) is 2.89. The Hall–Kier alpha value is -0.350. The van der Waals surface area contributed by atoms with Gasteiger partial charge in [0.05, 0.1) is 6.61 Å². The number of nitrogens with zero attached hydrogens (tertiary/aromatic N) is 2. The average molecular weight is 249 g/mol. The maximum atomic E-state index is 8.99. The molecule has 0 radical (unpaired) electrons. The van der Waals surface area contributed by atoms with Crippen LogP contribution < -0.4 is 0 Å². The summed E-state index contributed by atoms with van der Waals surface area (Å²) in [4.78, 5) is 5.97. The fraction of sp³-hybridized carbons (Fsp3) is 0.500. The molecule has 0 amide bonds. The Bertz CT molecular complexity index is 333. The van der Waals surface area contributed by atoms with Crippen LogP contribution in [-0.4, -0.2) is 34.7 Å². The third kappa shape index (κ3) is 3.61. The van der Waals surface area contributed by atoms with Crippen LogP contribution in [0.2, 0.25) is 10.2 Å². The van der Waals surface area contributed by atoms with Crippen LogP contribution in [0.15, 0.2) is 12.3 Å². The molecule has 0 bridgehead atoms. The number of aliphatic hydroxyl groups is 1. The molecule has 1 aromatic rings. The van der Waals surface area contributed by atoms with Gasteiger partial charge < -0.3 is 5.11 Å². The molecule has 0 aromatic carbocycles. The highest BCUT2D eigenvalue weighted by atomic mass is 35.5. The molecule has 0 saturated carbocycles. The molecule has 1 rings (SSSR count). The monoisotopic (exact) mass is 248 g/mol. The second-order valence-corrected chi connectivity index (χ2v) is 4.34. The second kappa shape index (κ2) is 5.66. The number of hydrogen-bond acceptors (Lipinski definition) is 3.